The summed E-state index contributed by atoms with van der Waals surface area (Å²) in [7, 11) is 0. The lowest BCUT2D eigenvalue weighted by Crippen LogP contribution is -2.21. The van der Waals surface area contributed by atoms with Crippen LogP contribution in [0, 0.1) is 5.92 Å². The molecule has 0 spiro atoms. The highest BCUT2D eigenvalue weighted by atomic mass is 16.1. The first kappa shape index (κ1) is 19.9. The van der Waals surface area contributed by atoms with Crippen molar-refractivity contribution in [1.82, 2.24) is 0 Å². The molecule has 0 heterocycles. The van der Waals surface area contributed by atoms with Crippen LogP contribution in [0.15, 0.2) is 48.5 Å². The normalized spacial score (nSPS) is 19.8. The second-order valence-corrected chi connectivity index (χ2v) is 8.19. The predicted molar refractivity (Wildman–Crippen MR) is 115 cm³/mol. The minimum absolute atomic E-state index is 0.328. The average Bonchev–Trinajstić information content (AvgIpc) is 2.73. The zero-order valence-electron chi connectivity index (χ0n) is 17.0. The minimum Gasteiger partial charge on any atom is -0.299 e. The Labute approximate surface area is 165 Å². The predicted octanol–water partition coefficient (Wildman–Crippen LogP) is 7.34. The fourth-order valence-electron chi connectivity index (χ4n) is 4.40. The Morgan fingerprint density at radius 2 is 1.41 bits per heavy atom. The molecule has 0 unspecified atom stereocenters. The summed E-state index contributed by atoms with van der Waals surface area (Å²) >= 11 is 0. The molecule has 144 valence electrons. The number of unbranched alkanes of at least 4 members (excludes halogenated alkanes) is 1. The fraction of sp³-hybridized carbons (Fsp3) is 0.500. The summed E-state index contributed by atoms with van der Waals surface area (Å²) in [6, 6.07) is 18.1. The summed E-state index contributed by atoms with van der Waals surface area (Å²) in [5, 5.41) is 0. The molecular formula is C26H34O. The van der Waals surface area contributed by atoms with Gasteiger partial charge in [-0.2, -0.15) is 0 Å². The van der Waals surface area contributed by atoms with Crippen LogP contribution in [-0.4, -0.2) is 5.78 Å². The van der Waals surface area contributed by atoms with Crippen LogP contribution in [0.25, 0.3) is 11.1 Å². The van der Waals surface area contributed by atoms with Crippen LogP contribution in [0.3, 0.4) is 0 Å². The van der Waals surface area contributed by atoms with Crippen LogP contribution < -0.4 is 0 Å². The van der Waals surface area contributed by atoms with Crippen molar-refractivity contribution < 1.29 is 4.79 Å². The van der Waals surface area contributed by atoms with Gasteiger partial charge < -0.3 is 0 Å². The Morgan fingerprint density at radius 3 is 1.96 bits per heavy atom. The highest BCUT2D eigenvalue weighted by Crippen LogP contribution is 2.37. The Morgan fingerprint density at radius 1 is 0.815 bits per heavy atom. The van der Waals surface area contributed by atoms with Crippen LogP contribution >= 0.6 is 0 Å². The van der Waals surface area contributed by atoms with E-state index < -0.39 is 0 Å². The number of carbonyl (C=O) groups is 1. The Balaban J connectivity index is 1.57. The summed E-state index contributed by atoms with van der Waals surface area (Å²) in [5.41, 5.74) is 5.46. The van der Waals surface area contributed by atoms with Crippen molar-refractivity contribution in [1.29, 1.82) is 0 Å². The number of carbonyl (C=O) groups excluding carboxylic acids is 1. The second kappa shape index (κ2) is 9.88. The number of Topliss-reactive ketones (excluding diaryl/α,β-unsaturated/α-hetero) is 1. The molecule has 1 aliphatic carbocycles. The van der Waals surface area contributed by atoms with E-state index in [0.717, 1.165) is 51.4 Å². The first-order chi connectivity index (χ1) is 13.2. The first-order valence-corrected chi connectivity index (χ1v) is 10.9. The number of rotatable bonds is 8. The molecule has 1 fully saturated rings. The molecule has 1 saturated carbocycles. The molecule has 1 nitrogen and oxygen atoms in total. The van der Waals surface area contributed by atoms with Gasteiger partial charge >= 0.3 is 0 Å². The van der Waals surface area contributed by atoms with Crippen molar-refractivity contribution in [2.24, 2.45) is 5.92 Å². The third-order valence-corrected chi connectivity index (χ3v) is 6.17. The van der Waals surface area contributed by atoms with Gasteiger partial charge in [-0.3, -0.25) is 4.79 Å². The van der Waals surface area contributed by atoms with Gasteiger partial charge in [-0.25, -0.2) is 0 Å². The monoisotopic (exact) mass is 362 g/mol. The summed E-state index contributed by atoms with van der Waals surface area (Å²) in [6.45, 7) is 4.38. The van der Waals surface area contributed by atoms with Gasteiger partial charge in [0.05, 0.1) is 0 Å². The summed E-state index contributed by atoms with van der Waals surface area (Å²) in [6.07, 6.45) is 9.79. The minimum atomic E-state index is 0.328. The molecule has 0 aromatic heterocycles. The molecular weight excluding hydrogens is 328 g/mol. The van der Waals surface area contributed by atoms with E-state index in [4.69, 9.17) is 0 Å². The van der Waals surface area contributed by atoms with Crippen molar-refractivity contribution in [3.8, 4) is 11.1 Å². The number of hydrogen-bond acceptors (Lipinski definition) is 1. The van der Waals surface area contributed by atoms with Gasteiger partial charge in [-0.05, 0) is 66.7 Å². The van der Waals surface area contributed by atoms with Gasteiger partial charge in [0.2, 0.25) is 0 Å². The number of ketones is 1. The second-order valence-electron chi connectivity index (χ2n) is 8.19. The van der Waals surface area contributed by atoms with E-state index in [9.17, 15) is 4.79 Å². The van der Waals surface area contributed by atoms with E-state index in [1.807, 2.05) is 0 Å². The van der Waals surface area contributed by atoms with Crippen LogP contribution in [0.5, 0.6) is 0 Å². The van der Waals surface area contributed by atoms with Gasteiger partial charge in [0, 0.05) is 12.3 Å². The smallest absolute Gasteiger partial charge is 0.135 e. The van der Waals surface area contributed by atoms with Gasteiger partial charge in [-0.1, -0.05) is 75.2 Å². The van der Waals surface area contributed by atoms with E-state index in [1.165, 1.54) is 28.7 Å². The van der Waals surface area contributed by atoms with Crippen molar-refractivity contribution in [3.63, 3.8) is 0 Å². The van der Waals surface area contributed by atoms with Gasteiger partial charge in [0.1, 0.15) is 5.78 Å². The molecule has 0 aliphatic heterocycles. The number of aryl methyl sites for hydroxylation is 1. The molecule has 2 aromatic carbocycles. The lowest BCUT2D eigenvalue weighted by molar-refractivity contribution is -0.124. The largest absolute Gasteiger partial charge is 0.299 e. The van der Waals surface area contributed by atoms with Gasteiger partial charge in [-0.15, -0.1) is 0 Å². The van der Waals surface area contributed by atoms with Crippen molar-refractivity contribution in [3.05, 3.63) is 59.7 Å². The van der Waals surface area contributed by atoms with E-state index in [-0.39, 0.29) is 0 Å². The van der Waals surface area contributed by atoms with E-state index in [2.05, 4.69) is 62.4 Å². The number of benzene rings is 2. The molecule has 0 bridgehead atoms. The molecule has 0 amide bonds. The molecule has 1 aliphatic rings. The molecule has 0 radical (unpaired) electrons. The maximum Gasteiger partial charge on any atom is 0.135 e. The van der Waals surface area contributed by atoms with E-state index in [0.29, 0.717) is 17.6 Å². The Bertz CT molecular complexity index is 703. The molecule has 27 heavy (non-hydrogen) atoms. The highest BCUT2D eigenvalue weighted by Gasteiger charge is 2.26. The van der Waals surface area contributed by atoms with Crippen LogP contribution in [0.4, 0.5) is 0 Å². The quantitative estimate of drug-likeness (QED) is 0.480. The molecule has 3 rings (SSSR count). The zero-order chi connectivity index (χ0) is 19.1. The van der Waals surface area contributed by atoms with Crippen molar-refractivity contribution in [2.75, 3.05) is 0 Å². The highest BCUT2D eigenvalue weighted by molar-refractivity contribution is 5.81. The van der Waals surface area contributed by atoms with E-state index >= 15 is 0 Å². The SMILES string of the molecule is CCCCC(=O)C1CCC(c2ccc(-c3ccc(CCC)cc3)cc2)CC1. The maximum atomic E-state index is 12.3. The summed E-state index contributed by atoms with van der Waals surface area (Å²) in [4.78, 5) is 12.3. The summed E-state index contributed by atoms with van der Waals surface area (Å²) in [5.74, 6) is 1.46. The first-order valence-electron chi connectivity index (χ1n) is 10.9. The third kappa shape index (κ3) is 5.31. The molecule has 2 aromatic rings. The average molecular weight is 363 g/mol. The van der Waals surface area contributed by atoms with Crippen LogP contribution in [-0.2, 0) is 11.2 Å². The molecule has 0 N–H and O–H groups in total. The lowest BCUT2D eigenvalue weighted by atomic mass is 9.76. The van der Waals surface area contributed by atoms with Gasteiger partial charge in [0.25, 0.3) is 0 Å². The van der Waals surface area contributed by atoms with Crippen molar-refractivity contribution in [2.45, 2.75) is 77.6 Å². The lowest BCUT2D eigenvalue weighted by Gasteiger charge is -2.28. The van der Waals surface area contributed by atoms with Gasteiger partial charge in [0.15, 0.2) is 0 Å². The fourth-order valence-corrected chi connectivity index (χ4v) is 4.40. The summed E-state index contributed by atoms with van der Waals surface area (Å²) < 4.78 is 0. The third-order valence-electron chi connectivity index (χ3n) is 6.17. The topological polar surface area (TPSA) is 17.1 Å². The Hall–Kier alpha value is -1.89. The maximum absolute atomic E-state index is 12.3. The molecule has 0 saturated heterocycles. The van der Waals surface area contributed by atoms with Crippen LogP contribution in [0.2, 0.25) is 0 Å². The van der Waals surface area contributed by atoms with Crippen molar-refractivity contribution >= 4 is 5.78 Å². The standard InChI is InChI=1S/C26H34O/c1-3-5-7-26(27)25-18-16-24(17-19-25)23-14-12-22(13-15-23)21-10-8-20(6-4-2)9-11-21/h8-15,24-25H,3-7,16-19H2,1-2H3. The molecule has 1 heteroatoms. The Kier molecular flexibility index (Phi) is 7.26. The van der Waals surface area contributed by atoms with E-state index in [1.54, 1.807) is 0 Å². The number of hydrogen-bond donors (Lipinski definition) is 0. The molecule has 0 atom stereocenters. The van der Waals surface area contributed by atoms with Crippen LogP contribution in [0.1, 0.15) is 82.3 Å². The zero-order valence-corrected chi connectivity index (χ0v) is 17.0.